The number of nitrogens with two attached hydrogens (primary N) is 1. The number of nitrogens with zero attached hydrogens (tertiary/aromatic N) is 4. The maximum atomic E-state index is 11.0. The van der Waals surface area contributed by atoms with Crippen molar-refractivity contribution in [2.45, 2.75) is 13.5 Å². The smallest absolute Gasteiger partial charge is 0.271 e. The molecule has 1 aromatic carbocycles. The summed E-state index contributed by atoms with van der Waals surface area (Å²) in [4.78, 5) is 10.5. The molecule has 0 fully saturated rings. The molecule has 8 heteroatoms. The predicted molar refractivity (Wildman–Crippen MR) is 78.3 cm³/mol. The van der Waals surface area contributed by atoms with Crippen LogP contribution < -0.4 is 5.73 Å². The largest absolute Gasteiger partial charge is 0.463 e. The van der Waals surface area contributed by atoms with Gasteiger partial charge in [0.1, 0.15) is 11.4 Å². The Labute approximate surface area is 125 Å². The van der Waals surface area contributed by atoms with Gasteiger partial charge >= 0.3 is 0 Å². The summed E-state index contributed by atoms with van der Waals surface area (Å²) < 4.78 is 6.93. The molecular formula is C14H13N5O3. The first-order chi connectivity index (χ1) is 10.6. The quantitative estimate of drug-likeness (QED) is 0.583. The topological polar surface area (TPSA) is 113 Å². The molecule has 0 amide bonds. The summed E-state index contributed by atoms with van der Waals surface area (Å²) in [6, 6.07) is 8.08. The standard InChI is InChI=1S/C14H13N5O3/c1-9-4-5-10(19(20)21)7-12(9)18-14(11(8-15)16-17-18)13-3-2-6-22-13/h2-7H,8,15H2,1H3. The molecule has 0 atom stereocenters. The van der Waals surface area contributed by atoms with E-state index in [2.05, 4.69) is 10.3 Å². The predicted octanol–water partition coefficient (Wildman–Crippen LogP) is 2.20. The molecule has 0 saturated heterocycles. The lowest BCUT2D eigenvalue weighted by molar-refractivity contribution is -0.384. The van der Waals surface area contributed by atoms with Gasteiger partial charge in [-0.1, -0.05) is 11.3 Å². The number of rotatable bonds is 4. The Morgan fingerprint density at radius 1 is 1.41 bits per heavy atom. The van der Waals surface area contributed by atoms with E-state index in [9.17, 15) is 10.1 Å². The average Bonchev–Trinajstić information content (AvgIpc) is 3.15. The zero-order valence-electron chi connectivity index (χ0n) is 11.8. The van der Waals surface area contributed by atoms with Gasteiger partial charge < -0.3 is 10.2 Å². The average molecular weight is 299 g/mol. The molecule has 0 bridgehead atoms. The van der Waals surface area contributed by atoms with E-state index in [0.717, 1.165) is 5.56 Å². The monoisotopic (exact) mass is 299 g/mol. The number of nitro groups is 1. The lowest BCUT2D eigenvalue weighted by atomic mass is 10.1. The van der Waals surface area contributed by atoms with E-state index in [1.54, 1.807) is 18.2 Å². The fourth-order valence-corrected chi connectivity index (χ4v) is 2.22. The number of benzene rings is 1. The van der Waals surface area contributed by atoms with Gasteiger partial charge in [-0.25, -0.2) is 4.68 Å². The van der Waals surface area contributed by atoms with Crippen LogP contribution in [0.1, 0.15) is 11.3 Å². The molecule has 3 rings (SSSR count). The second-order valence-corrected chi connectivity index (χ2v) is 4.71. The minimum atomic E-state index is -0.448. The van der Waals surface area contributed by atoms with Gasteiger partial charge in [-0.05, 0) is 24.6 Å². The van der Waals surface area contributed by atoms with Crippen molar-refractivity contribution in [3.8, 4) is 17.1 Å². The molecule has 22 heavy (non-hydrogen) atoms. The van der Waals surface area contributed by atoms with Crippen LogP contribution in [0.3, 0.4) is 0 Å². The van der Waals surface area contributed by atoms with Crippen molar-refractivity contribution in [1.82, 2.24) is 15.0 Å². The summed E-state index contributed by atoms with van der Waals surface area (Å²) in [6.07, 6.45) is 1.53. The van der Waals surface area contributed by atoms with Gasteiger partial charge in [0.25, 0.3) is 5.69 Å². The van der Waals surface area contributed by atoms with Gasteiger partial charge in [0.2, 0.25) is 0 Å². The molecule has 0 aliphatic carbocycles. The van der Waals surface area contributed by atoms with Crippen LogP contribution in [0.2, 0.25) is 0 Å². The molecule has 0 spiro atoms. The number of furan rings is 1. The summed E-state index contributed by atoms with van der Waals surface area (Å²) in [6.45, 7) is 2.03. The number of nitro benzene ring substituents is 1. The van der Waals surface area contributed by atoms with Gasteiger partial charge in [0.05, 0.1) is 16.9 Å². The summed E-state index contributed by atoms with van der Waals surface area (Å²) in [7, 11) is 0. The van der Waals surface area contributed by atoms with Crippen LogP contribution in [-0.2, 0) is 6.54 Å². The molecule has 0 radical (unpaired) electrons. The van der Waals surface area contributed by atoms with Crippen LogP contribution in [0.4, 0.5) is 5.69 Å². The van der Waals surface area contributed by atoms with Gasteiger partial charge in [-0.3, -0.25) is 10.1 Å². The van der Waals surface area contributed by atoms with Gasteiger partial charge in [0.15, 0.2) is 5.76 Å². The SMILES string of the molecule is Cc1ccc([N+](=O)[O-])cc1-n1nnc(CN)c1-c1ccco1. The summed E-state index contributed by atoms with van der Waals surface area (Å²) in [5.41, 5.74) is 8.22. The van der Waals surface area contributed by atoms with Crippen molar-refractivity contribution in [1.29, 1.82) is 0 Å². The zero-order valence-corrected chi connectivity index (χ0v) is 11.8. The number of aromatic nitrogens is 3. The highest BCUT2D eigenvalue weighted by atomic mass is 16.6. The first kappa shape index (κ1) is 14.0. The third kappa shape index (κ3) is 2.25. The highest BCUT2D eigenvalue weighted by molar-refractivity contribution is 5.61. The van der Waals surface area contributed by atoms with Crippen molar-refractivity contribution in [2.75, 3.05) is 0 Å². The van der Waals surface area contributed by atoms with E-state index in [1.807, 2.05) is 6.92 Å². The first-order valence-corrected chi connectivity index (χ1v) is 6.55. The van der Waals surface area contributed by atoms with E-state index in [0.29, 0.717) is 22.8 Å². The molecule has 2 aromatic heterocycles. The number of hydrogen-bond acceptors (Lipinski definition) is 6. The molecule has 0 aliphatic rings. The number of aryl methyl sites for hydroxylation is 1. The third-order valence-corrected chi connectivity index (χ3v) is 3.32. The lowest BCUT2D eigenvalue weighted by Crippen LogP contribution is -2.04. The molecule has 8 nitrogen and oxygen atoms in total. The molecule has 0 saturated carbocycles. The molecular weight excluding hydrogens is 286 g/mol. The third-order valence-electron chi connectivity index (χ3n) is 3.32. The summed E-state index contributed by atoms with van der Waals surface area (Å²) >= 11 is 0. The Balaban J connectivity index is 2.23. The van der Waals surface area contributed by atoms with Crippen molar-refractivity contribution in [3.63, 3.8) is 0 Å². The first-order valence-electron chi connectivity index (χ1n) is 6.55. The second-order valence-electron chi connectivity index (χ2n) is 4.71. The van der Waals surface area contributed by atoms with Crippen molar-refractivity contribution < 1.29 is 9.34 Å². The van der Waals surface area contributed by atoms with E-state index >= 15 is 0 Å². The molecule has 2 N–H and O–H groups in total. The Kier molecular flexibility index (Phi) is 3.43. The van der Waals surface area contributed by atoms with Gasteiger partial charge in [0, 0.05) is 18.7 Å². The highest BCUT2D eigenvalue weighted by Gasteiger charge is 2.20. The minimum Gasteiger partial charge on any atom is -0.463 e. The Bertz CT molecular complexity index is 823. The number of non-ortho nitro benzene ring substituents is 1. The van der Waals surface area contributed by atoms with E-state index in [4.69, 9.17) is 10.2 Å². The normalized spacial score (nSPS) is 10.8. The van der Waals surface area contributed by atoms with Crippen LogP contribution >= 0.6 is 0 Å². The maximum Gasteiger partial charge on any atom is 0.271 e. The van der Waals surface area contributed by atoms with Crippen LogP contribution in [-0.4, -0.2) is 19.9 Å². The van der Waals surface area contributed by atoms with Crippen LogP contribution in [0.15, 0.2) is 41.0 Å². The minimum absolute atomic E-state index is 0.0178. The van der Waals surface area contributed by atoms with E-state index in [1.165, 1.54) is 23.1 Å². The molecule has 0 unspecified atom stereocenters. The van der Waals surface area contributed by atoms with Crippen molar-refractivity contribution >= 4 is 5.69 Å². The van der Waals surface area contributed by atoms with Crippen molar-refractivity contribution in [3.05, 3.63) is 58.0 Å². The number of hydrogen-bond donors (Lipinski definition) is 1. The van der Waals surface area contributed by atoms with E-state index in [-0.39, 0.29) is 12.2 Å². The Morgan fingerprint density at radius 2 is 2.23 bits per heavy atom. The van der Waals surface area contributed by atoms with E-state index < -0.39 is 4.92 Å². The molecule has 2 heterocycles. The van der Waals surface area contributed by atoms with Gasteiger partial charge in [-0.15, -0.1) is 5.10 Å². The fraction of sp³-hybridized carbons (Fsp3) is 0.143. The Hall–Kier alpha value is -3.00. The maximum absolute atomic E-state index is 11.0. The van der Waals surface area contributed by atoms with Crippen molar-refractivity contribution in [2.24, 2.45) is 5.73 Å². The Morgan fingerprint density at radius 3 is 2.86 bits per heavy atom. The zero-order chi connectivity index (χ0) is 15.7. The highest BCUT2D eigenvalue weighted by Crippen LogP contribution is 2.28. The second kappa shape index (κ2) is 5.41. The van der Waals surface area contributed by atoms with Crippen LogP contribution in [0.5, 0.6) is 0 Å². The van der Waals surface area contributed by atoms with Crippen LogP contribution in [0, 0.1) is 17.0 Å². The fourth-order valence-electron chi connectivity index (χ4n) is 2.22. The molecule has 3 aromatic rings. The lowest BCUT2D eigenvalue weighted by Gasteiger charge is -2.08. The summed E-state index contributed by atoms with van der Waals surface area (Å²) in [5, 5.41) is 19.1. The summed E-state index contributed by atoms with van der Waals surface area (Å²) in [5.74, 6) is 0.552. The van der Waals surface area contributed by atoms with Gasteiger partial charge in [-0.2, -0.15) is 0 Å². The molecule has 112 valence electrons. The van der Waals surface area contributed by atoms with Crippen LogP contribution in [0.25, 0.3) is 17.1 Å². The molecule has 0 aliphatic heterocycles.